The average molecular weight is 238 g/mol. The van der Waals surface area contributed by atoms with Gasteiger partial charge in [0.05, 0.1) is 18.3 Å². The topological polar surface area (TPSA) is 57.1 Å². The number of methoxy groups -OCH3 is 1. The first kappa shape index (κ1) is 10.6. The molecule has 0 atom stereocenters. The van der Waals surface area contributed by atoms with E-state index in [1.807, 2.05) is 0 Å². The third kappa shape index (κ3) is 2.58. The minimum atomic E-state index is 0.352. The van der Waals surface area contributed by atoms with Crippen molar-refractivity contribution in [3.05, 3.63) is 35.6 Å². The molecule has 2 aromatic rings. The molecule has 0 aliphatic carbocycles. The standard InChI is InChI=1S/C10H8ClN3O2/c1-15-9-2-3-10(14-13-9)16-8-4-7(11)5-12-6-8/h2-6H,1H3. The van der Waals surface area contributed by atoms with Crippen LogP contribution in [0.4, 0.5) is 0 Å². The normalized spacial score (nSPS) is 9.88. The zero-order valence-corrected chi connectivity index (χ0v) is 9.18. The molecule has 0 amide bonds. The molecular weight excluding hydrogens is 230 g/mol. The summed E-state index contributed by atoms with van der Waals surface area (Å²) in [4.78, 5) is 3.88. The second kappa shape index (κ2) is 4.76. The van der Waals surface area contributed by atoms with Crippen molar-refractivity contribution < 1.29 is 9.47 Å². The lowest BCUT2D eigenvalue weighted by Gasteiger charge is -2.03. The summed E-state index contributed by atoms with van der Waals surface area (Å²) < 4.78 is 10.3. The predicted molar refractivity (Wildman–Crippen MR) is 57.9 cm³/mol. The maximum Gasteiger partial charge on any atom is 0.239 e. The highest BCUT2D eigenvalue weighted by Crippen LogP contribution is 2.21. The first-order chi connectivity index (χ1) is 7.78. The van der Waals surface area contributed by atoms with Gasteiger partial charge in [0.25, 0.3) is 0 Å². The predicted octanol–water partition coefficient (Wildman–Crippen LogP) is 2.33. The largest absolute Gasteiger partial charge is 0.480 e. The fraction of sp³-hybridized carbons (Fsp3) is 0.100. The highest BCUT2D eigenvalue weighted by Gasteiger charge is 2.01. The van der Waals surface area contributed by atoms with E-state index >= 15 is 0 Å². The summed E-state index contributed by atoms with van der Waals surface area (Å²) in [5.41, 5.74) is 0. The van der Waals surface area contributed by atoms with Crippen molar-refractivity contribution in [2.24, 2.45) is 0 Å². The van der Waals surface area contributed by atoms with Crippen molar-refractivity contribution in [1.82, 2.24) is 15.2 Å². The molecule has 16 heavy (non-hydrogen) atoms. The van der Waals surface area contributed by atoms with Gasteiger partial charge in [-0.1, -0.05) is 11.6 Å². The summed E-state index contributed by atoms with van der Waals surface area (Å²) in [6.45, 7) is 0. The quantitative estimate of drug-likeness (QED) is 0.820. The van der Waals surface area contributed by atoms with Crippen LogP contribution in [0.3, 0.4) is 0 Å². The van der Waals surface area contributed by atoms with Crippen molar-refractivity contribution in [3.63, 3.8) is 0 Å². The maximum atomic E-state index is 5.76. The van der Waals surface area contributed by atoms with Crippen LogP contribution in [0.2, 0.25) is 5.02 Å². The number of hydrogen-bond donors (Lipinski definition) is 0. The molecule has 5 nitrogen and oxygen atoms in total. The minimum Gasteiger partial charge on any atom is -0.480 e. The van der Waals surface area contributed by atoms with Gasteiger partial charge >= 0.3 is 0 Å². The van der Waals surface area contributed by atoms with Gasteiger partial charge in [-0.15, -0.1) is 10.2 Å². The van der Waals surface area contributed by atoms with E-state index in [9.17, 15) is 0 Å². The second-order valence-corrected chi connectivity index (χ2v) is 3.29. The molecule has 0 saturated heterocycles. The molecule has 2 rings (SSSR count). The summed E-state index contributed by atoms with van der Waals surface area (Å²) in [6, 6.07) is 4.94. The Bertz CT molecular complexity index is 476. The first-order valence-corrected chi connectivity index (χ1v) is 4.82. The molecule has 0 spiro atoms. The third-order valence-electron chi connectivity index (χ3n) is 1.73. The van der Waals surface area contributed by atoms with Crippen LogP contribution in [-0.4, -0.2) is 22.3 Å². The van der Waals surface area contributed by atoms with Gasteiger partial charge < -0.3 is 9.47 Å². The lowest BCUT2D eigenvalue weighted by molar-refractivity contribution is 0.383. The Morgan fingerprint density at radius 3 is 2.50 bits per heavy atom. The number of aromatic nitrogens is 3. The number of hydrogen-bond acceptors (Lipinski definition) is 5. The van der Waals surface area contributed by atoms with E-state index in [-0.39, 0.29) is 0 Å². The monoisotopic (exact) mass is 237 g/mol. The van der Waals surface area contributed by atoms with E-state index in [0.29, 0.717) is 22.5 Å². The Morgan fingerprint density at radius 1 is 1.12 bits per heavy atom. The molecule has 82 valence electrons. The van der Waals surface area contributed by atoms with Crippen LogP contribution in [0.15, 0.2) is 30.6 Å². The molecule has 2 heterocycles. The lowest BCUT2D eigenvalue weighted by atomic mass is 10.4. The molecular formula is C10H8ClN3O2. The van der Waals surface area contributed by atoms with E-state index in [1.54, 1.807) is 18.2 Å². The molecule has 0 saturated carbocycles. The fourth-order valence-corrected chi connectivity index (χ4v) is 1.20. The van der Waals surface area contributed by atoms with Crippen LogP contribution in [0.5, 0.6) is 17.5 Å². The summed E-state index contributed by atoms with van der Waals surface area (Å²) >= 11 is 5.76. The Kier molecular flexibility index (Phi) is 3.16. The number of pyridine rings is 1. The number of halogens is 1. The Hall–Kier alpha value is -1.88. The first-order valence-electron chi connectivity index (χ1n) is 4.44. The van der Waals surface area contributed by atoms with Gasteiger partial charge in [-0.2, -0.15) is 0 Å². The molecule has 0 fully saturated rings. The van der Waals surface area contributed by atoms with E-state index in [0.717, 1.165) is 0 Å². The smallest absolute Gasteiger partial charge is 0.239 e. The molecule has 6 heteroatoms. The van der Waals surface area contributed by atoms with E-state index < -0.39 is 0 Å². The van der Waals surface area contributed by atoms with Crippen LogP contribution in [0, 0.1) is 0 Å². The maximum absolute atomic E-state index is 5.76. The van der Waals surface area contributed by atoms with Gasteiger partial charge in [0.15, 0.2) is 0 Å². The summed E-state index contributed by atoms with van der Waals surface area (Å²) in [7, 11) is 1.52. The molecule has 0 unspecified atom stereocenters. The fourth-order valence-electron chi connectivity index (χ4n) is 1.04. The van der Waals surface area contributed by atoms with Gasteiger partial charge in [-0.3, -0.25) is 4.98 Å². The Balaban J connectivity index is 2.14. The SMILES string of the molecule is COc1ccc(Oc2cncc(Cl)c2)nn1. The van der Waals surface area contributed by atoms with E-state index in [4.69, 9.17) is 21.1 Å². The zero-order valence-electron chi connectivity index (χ0n) is 8.42. The highest BCUT2D eigenvalue weighted by atomic mass is 35.5. The van der Waals surface area contributed by atoms with Crippen molar-refractivity contribution >= 4 is 11.6 Å². The van der Waals surface area contributed by atoms with E-state index in [2.05, 4.69) is 15.2 Å². The van der Waals surface area contributed by atoms with Gasteiger partial charge in [0.2, 0.25) is 11.8 Å². The van der Waals surface area contributed by atoms with Crippen LogP contribution < -0.4 is 9.47 Å². The van der Waals surface area contributed by atoms with Gasteiger partial charge in [0, 0.05) is 24.4 Å². The van der Waals surface area contributed by atoms with Crippen molar-refractivity contribution in [1.29, 1.82) is 0 Å². The molecule has 0 radical (unpaired) electrons. The zero-order chi connectivity index (χ0) is 11.4. The number of rotatable bonds is 3. The Morgan fingerprint density at radius 2 is 1.88 bits per heavy atom. The van der Waals surface area contributed by atoms with Crippen molar-refractivity contribution in [2.45, 2.75) is 0 Å². The summed E-state index contributed by atoms with van der Waals surface area (Å²) in [5, 5.41) is 8.07. The van der Waals surface area contributed by atoms with E-state index in [1.165, 1.54) is 19.5 Å². The van der Waals surface area contributed by atoms with Crippen molar-refractivity contribution in [3.8, 4) is 17.5 Å². The molecule has 0 bridgehead atoms. The Labute approximate surface area is 97.0 Å². The van der Waals surface area contributed by atoms with Gasteiger partial charge in [-0.05, 0) is 0 Å². The molecule has 0 N–H and O–H groups in total. The summed E-state index contributed by atoms with van der Waals surface area (Å²) in [5.74, 6) is 1.29. The number of ether oxygens (including phenoxy) is 2. The second-order valence-electron chi connectivity index (χ2n) is 2.85. The molecule has 0 aromatic carbocycles. The molecule has 2 aromatic heterocycles. The third-order valence-corrected chi connectivity index (χ3v) is 1.93. The summed E-state index contributed by atoms with van der Waals surface area (Å²) in [6.07, 6.45) is 3.06. The van der Waals surface area contributed by atoms with Crippen LogP contribution in [0.1, 0.15) is 0 Å². The van der Waals surface area contributed by atoms with Crippen LogP contribution in [-0.2, 0) is 0 Å². The van der Waals surface area contributed by atoms with Crippen LogP contribution >= 0.6 is 11.6 Å². The number of nitrogens with zero attached hydrogens (tertiary/aromatic N) is 3. The van der Waals surface area contributed by atoms with Crippen molar-refractivity contribution in [2.75, 3.05) is 7.11 Å². The molecule has 0 aliphatic heterocycles. The van der Waals surface area contributed by atoms with Gasteiger partial charge in [0.1, 0.15) is 5.75 Å². The van der Waals surface area contributed by atoms with Gasteiger partial charge in [-0.25, -0.2) is 0 Å². The average Bonchev–Trinajstić information content (AvgIpc) is 2.30. The lowest BCUT2D eigenvalue weighted by Crippen LogP contribution is -1.93. The highest BCUT2D eigenvalue weighted by molar-refractivity contribution is 6.30. The molecule has 0 aliphatic rings. The van der Waals surface area contributed by atoms with Crippen LogP contribution in [0.25, 0.3) is 0 Å². The minimum absolute atomic E-state index is 0.352.